The van der Waals surface area contributed by atoms with Crippen LogP contribution in [0.3, 0.4) is 0 Å². The number of hydrogen-bond donors (Lipinski definition) is 14. The Hall–Kier alpha value is -2.79. The Balaban J connectivity index is 1.63. The molecule has 496 valence electrons. The summed E-state index contributed by atoms with van der Waals surface area (Å²) in [6.45, 7) is 2.09. The first-order valence-corrected chi connectivity index (χ1v) is 32.2. The Bertz CT molecular complexity index is 1830. The number of aliphatic carboxylic acids is 1. The first-order chi connectivity index (χ1) is 40.9. The monoisotopic (exact) mass is 1220 g/mol. The molecule has 0 aromatic carbocycles. The highest BCUT2D eigenvalue weighted by atomic mass is 16.8. The molecular formula is C62H112N2O21. The molecule has 18 atom stereocenters. The van der Waals surface area contributed by atoms with Gasteiger partial charge in [-0.1, -0.05) is 173 Å². The van der Waals surface area contributed by atoms with Crippen LogP contribution < -0.4 is 10.6 Å². The van der Waals surface area contributed by atoms with Crippen LogP contribution in [-0.2, 0) is 42.8 Å². The summed E-state index contributed by atoms with van der Waals surface area (Å²) in [5.41, 5.74) is 0. The quantitative estimate of drug-likeness (QED) is 0.0301. The minimum absolute atomic E-state index is 0.195. The van der Waals surface area contributed by atoms with E-state index in [2.05, 4.69) is 36.6 Å². The van der Waals surface area contributed by atoms with Crippen LogP contribution in [0.1, 0.15) is 213 Å². The van der Waals surface area contributed by atoms with E-state index in [0.717, 1.165) is 77.6 Å². The second-order valence-corrected chi connectivity index (χ2v) is 23.6. The van der Waals surface area contributed by atoms with Crippen molar-refractivity contribution in [1.82, 2.24) is 10.6 Å². The Morgan fingerprint density at radius 1 is 0.612 bits per heavy atom. The molecule has 18 unspecified atom stereocenters. The molecule has 3 aliphatic rings. The van der Waals surface area contributed by atoms with Gasteiger partial charge in [0, 0.05) is 19.8 Å². The number of ether oxygens (including phenoxy) is 6. The van der Waals surface area contributed by atoms with E-state index in [-0.39, 0.29) is 12.3 Å². The van der Waals surface area contributed by atoms with Crippen molar-refractivity contribution in [2.45, 2.75) is 323 Å². The third-order valence-corrected chi connectivity index (χ3v) is 16.4. The van der Waals surface area contributed by atoms with Crippen molar-refractivity contribution < 1.29 is 104 Å². The van der Waals surface area contributed by atoms with E-state index >= 15 is 0 Å². The summed E-state index contributed by atoms with van der Waals surface area (Å²) >= 11 is 0. The molecule has 14 N–H and O–H groups in total. The lowest BCUT2D eigenvalue weighted by Gasteiger charge is -2.50. The molecule has 0 aromatic heterocycles. The lowest BCUT2D eigenvalue weighted by atomic mass is 9.88. The van der Waals surface area contributed by atoms with E-state index in [1.165, 1.54) is 96.3 Å². The van der Waals surface area contributed by atoms with Gasteiger partial charge in [0.25, 0.3) is 5.79 Å². The maximum atomic E-state index is 13.4. The van der Waals surface area contributed by atoms with Gasteiger partial charge in [0.15, 0.2) is 12.6 Å². The van der Waals surface area contributed by atoms with Crippen molar-refractivity contribution in [2.24, 2.45) is 0 Å². The van der Waals surface area contributed by atoms with Crippen molar-refractivity contribution in [2.75, 3.05) is 26.4 Å². The van der Waals surface area contributed by atoms with Crippen LogP contribution in [0.4, 0.5) is 0 Å². The van der Waals surface area contributed by atoms with Crippen LogP contribution in [0.15, 0.2) is 24.3 Å². The largest absolute Gasteiger partial charge is 0.477 e. The first kappa shape index (κ1) is 76.5. The van der Waals surface area contributed by atoms with Crippen LogP contribution in [0.5, 0.6) is 0 Å². The summed E-state index contributed by atoms with van der Waals surface area (Å²) in [4.78, 5) is 38.4. The maximum Gasteiger partial charge on any atom is 0.364 e. The molecule has 0 aromatic rings. The predicted octanol–water partition coefficient (Wildman–Crippen LogP) is 4.11. The van der Waals surface area contributed by atoms with Crippen LogP contribution in [0.25, 0.3) is 0 Å². The second kappa shape index (κ2) is 43.8. The van der Waals surface area contributed by atoms with Crippen LogP contribution in [0, 0.1) is 0 Å². The summed E-state index contributed by atoms with van der Waals surface area (Å²) in [6.07, 6.45) is 11.0. The molecule has 85 heavy (non-hydrogen) atoms. The molecule has 3 heterocycles. The van der Waals surface area contributed by atoms with Crippen molar-refractivity contribution in [3.8, 4) is 0 Å². The number of amides is 2. The number of aliphatic hydroxyl groups is 11. The number of carboxylic acid groups (broad SMARTS) is 1. The zero-order chi connectivity index (χ0) is 62.6. The van der Waals surface area contributed by atoms with Gasteiger partial charge in [0.05, 0.1) is 50.7 Å². The van der Waals surface area contributed by atoms with E-state index < -0.39 is 155 Å². The fraction of sp³-hybridized carbons (Fsp3) is 0.887. The third-order valence-electron chi connectivity index (χ3n) is 16.4. The van der Waals surface area contributed by atoms with Gasteiger partial charge in [-0.2, -0.15) is 0 Å². The molecular weight excluding hydrogens is 1110 g/mol. The fourth-order valence-electron chi connectivity index (χ4n) is 11.2. The van der Waals surface area contributed by atoms with E-state index in [0.29, 0.717) is 12.8 Å². The van der Waals surface area contributed by atoms with E-state index in [9.17, 15) is 75.7 Å². The lowest BCUT2D eigenvalue weighted by molar-refractivity contribution is -0.386. The molecule has 3 fully saturated rings. The highest BCUT2D eigenvalue weighted by molar-refractivity contribution is 5.77. The topological polar surface area (TPSA) is 373 Å². The summed E-state index contributed by atoms with van der Waals surface area (Å²) in [5.74, 6) is -6.15. The minimum Gasteiger partial charge on any atom is -0.477 e. The molecule has 2 amide bonds. The van der Waals surface area contributed by atoms with Gasteiger partial charge in [-0.25, -0.2) is 4.79 Å². The number of carbonyl (C=O) groups excluding carboxylic acids is 2. The molecule has 3 saturated heterocycles. The van der Waals surface area contributed by atoms with Crippen LogP contribution in [-0.4, -0.2) is 215 Å². The Morgan fingerprint density at radius 2 is 1.11 bits per heavy atom. The SMILES string of the molecule is CCCCCCCCCC/C=C\CCCCCCCCCC(=O)NC(COC1OC(CO)C(OC2OC(CO)C(O)C(OC3(C(=O)O)CC(O)C(NC(C)=O)C(C(O)C(O)CO)O3)C2O)C(O)C1O)C(O)/C=C/CCCCCCCCCCCC. The standard InChI is InChI=1S/C62H112N2O21/c1-4-6-8-10-12-14-16-18-19-20-21-22-23-24-26-28-30-32-34-36-49(72)64-43(44(69)35-33-31-29-27-25-17-15-13-11-9-7-5-2)41-80-59-54(76)53(75)56(48(40-67)82-59)83-60-55(77)58(52(74)47(39-66)81-60)85-62(61(78)79)37-45(70)50(63-42(3)68)57(84-62)51(73)46(71)38-65/h20-21,33,35,43-48,50-60,65-67,69-71,73-77H,4-19,22-32,34,36-41H2,1-3H3,(H,63,68)(H,64,72)(H,78,79)/b21-20-,35-33+. The van der Waals surface area contributed by atoms with Gasteiger partial charge in [-0.05, 0) is 44.9 Å². The van der Waals surface area contributed by atoms with E-state index in [4.69, 9.17) is 28.4 Å². The number of carbonyl (C=O) groups is 3. The van der Waals surface area contributed by atoms with E-state index in [1.54, 1.807) is 6.08 Å². The van der Waals surface area contributed by atoms with Crippen molar-refractivity contribution in [3.05, 3.63) is 24.3 Å². The first-order valence-electron chi connectivity index (χ1n) is 32.2. The molecule has 23 nitrogen and oxygen atoms in total. The lowest BCUT2D eigenvalue weighted by Crippen LogP contribution is -2.70. The zero-order valence-corrected chi connectivity index (χ0v) is 51.2. The normalized spacial score (nSPS) is 29.7. The molecule has 3 rings (SSSR count). The molecule has 0 saturated carbocycles. The Labute approximate surface area is 504 Å². The van der Waals surface area contributed by atoms with Crippen molar-refractivity contribution in [3.63, 3.8) is 0 Å². The summed E-state index contributed by atoms with van der Waals surface area (Å²) in [6, 6.07) is -2.62. The van der Waals surface area contributed by atoms with Gasteiger partial charge in [0.2, 0.25) is 11.8 Å². The van der Waals surface area contributed by atoms with Crippen molar-refractivity contribution in [1.29, 1.82) is 0 Å². The average Bonchev–Trinajstić information content (AvgIpc) is 1.25. The Kier molecular flexibility index (Phi) is 39.4. The van der Waals surface area contributed by atoms with Gasteiger partial charge in [-0.3, -0.25) is 9.59 Å². The number of unbranched alkanes of at least 4 members (excludes halogenated alkanes) is 25. The molecule has 23 heteroatoms. The van der Waals surface area contributed by atoms with Gasteiger partial charge in [0.1, 0.15) is 67.1 Å². The average molecular weight is 1220 g/mol. The predicted molar refractivity (Wildman–Crippen MR) is 315 cm³/mol. The second-order valence-electron chi connectivity index (χ2n) is 23.6. The molecule has 0 radical (unpaired) electrons. The molecule has 3 aliphatic heterocycles. The smallest absolute Gasteiger partial charge is 0.364 e. The number of hydrogen-bond acceptors (Lipinski definition) is 20. The molecule has 0 aliphatic carbocycles. The molecule has 0 bridgehead atoms. The Morgan fingerprint density at radius 3 is 1.60 bits per heavy atom. The number of allylic oxidation sites excluding steroid dienone is 3. The third kappa shape index (κ3) is 27.5. The van der Waals surface area contributed by atoms with Crippen LogP contribution in [0.2, 0.25) is 0 Å². The molecule has 0 spiro atoms. The summed E-state index contributed by atoms with van der Waals surface area (Å²) in [7, 11) is 0. The van der Waals surface area contributed by atoms with Gasteiger partial charge in [-0.15, -0.1) is 0 Å². The highest BCUT2D eigenvalue weighted by Crippen LogP contribution is 2.38. The zero-order valence-electron chi connectivity index (χ0n) is 51.2. The number of nitrogens with one attached hydrogen (secondary N) is 2. The fourth-order valence-corrected chi connectivity index (χ4v) is 11.2. The van der Waals surface area contributed by atoms with Crippen molar-refractivity contribution >= 4 is 17.8 Å². The summed E-state index contributed by atoms with van der Waals surface area (Å²) < 4.78 is 34.7. The minimum atomic E-state index is -3.08. The summed E-state index contributed by atoms with van der Waals surface area (Å²) in [5, 5.41) is 136. The van der Waals surface area contributed by atoms with Gasteiger partial charge >= 0.3 is 5.97 Å². The highest BCUT2D eigenvalue weighted by Gasteiger charge is 2.60. The van der Waals surface area contributed by atoms with Crippen LogP contribution >= 0.6 is 0 Å². The van der Waals surface area contributed by atoms with Gasteiger partial charge < -0.3 is 100 Å². The van der Waals surface area contributed by atoms with E-state index in [1.807, 2.05) is 6.08 Å². The number of aliphatic hydroxyl groups excluding tert-OH is 11. The number of rotatable bonds is 47. The number of carboxylic acids is 1. The maximum absolute atomic E-state index is 13.4.